The highest BCUT2D eigenvalue weighted by Gasteiger charge is 2.22. The number of carbonyl (C=O) groups excluding carboxylic acids is 1. The van der Waals surface area contributed by atoms with Gasteiger partial charge in [0.25, 0.3) is 0 Å². The number of aryl methyl sites for hydroxylation is 1. The van der Waals surface area contributed by atoms with E-state index in [1.807, 2.05) is 0 Å². The van der Waals surface area contributed by atoms with Crippen molar-refractivity contribution in [3.05, 3.63) is 17.0 Å². The summed E-state index contributed by atoms with van der Waals surface area (Å²) in [6, 6.07) is 1.43. The number of nitrogens with one attached hydrogen (secondary N) is 2. The highest BCUT2D eigenvalue weighted by Crippen LogP contribution is 2.15. The van der Waals surface area contributed by atoms with Crippen LogP contribution in [0.15, 0.2) is 6.07 Å². The van der Waals surface area contributed by atoms with Crippen LogP contribution < -0.4 is 10.6 Å². The second-order valence-electron chi connectivity index (χ2n) is 4.37. The summed E-state index contributed by atoms with van der Waals surface area (Å²) in [5, 5.41) is 6.36. The van der Waals surface area contributed by atoms with Gasteiger partial charge in [-0.25, -0.2) is 9.97 Å². The van der Waals surface area contributed by atoms with E-state index in [0.717, 1.165) is 32.2 Å². The smallest absolute Gasteiger partial charge is 0.242 e. The quantitative estimate of drug-likeness (QED) is 0.817. The summed E-state index contributed by atoms with van der Waals surface area (Å²) in [5.41, 5.74) is 0. The van der Waals surface area contributed by atoms with Crippen molar-refractivity contribution in [1.82, 2.24) is 15.3 Å². The second kappa shape index (κ2) is 6.00. The maximum absolute atomic E-state index is 11.6. The molecule has 2 heterocycles. The van der Waals surface area contributed by atoms with Crippen LogP contribution in [0.2, 0.25) is 5.15 Å². The molecule has 1 aromatic heterocycles. The van der Waals surface area contributed by atoms with Crippen LogP contribution >= 0.6 is 11.6 Å². The summed E-state index contributed by atoms with van der Waals surface area (Å²) in [7, 11) is 0. The molecule has 0 saturated carbocycles. The van der Waals surface area contributed by atoms with E-state index in [2.05, 4.69) is 27.5 Å². The minimum atomic E-state index is -0.223. The molecule has 2 N–H and O–H groups in total. The molecule has 6 heteroatoms. The van der Waals surface area contributed by atoms with E-state index in [-0.39, 0.29) is 11.9 Å². The van der Waals surface area contributed by atoms with Crippen molar-refractivity contribution >= 4 is 23.3 Å². The van der Waals surface area contributed by atoms with Crippen LogP contribution in [-0.4, -0.2) is 28.5 Å². The Kier molecular flexibility index (Phi) is 4.36. The zero-order chi connectivity index (χ0) is 13.0. The number of amides is 1. The molecule has 0 aliphatic carbocycles. The zero-order valence-corrected chi connectivity index (χ0v) is 11.1. The highest BCUT2D eigenvalue weighted by molar-refractivity contribution is 6.29. The van der Waals surface area contributed by atoms with Gasteiger partial charge in [0.1, 0.15) is 22.8 Å². The lowest BCUT2D eigenvalue weighted by Gasteiger charge is -2.23. The van der Waals surface area contributed by atoms with Crippen LogP contribution in [0.25, 0.3) is 0 Å². The Labute approximate surface area is 111 Å². The van der Waals surface area contributed by atoms with Gasteiger partial charge in [-0.1, -0.05) is 18.5 Å². The van der Waals surface area contributed by atoms with Crippen LogP contribution in [0.1, 0.15) is 32.0 Å². The molecule has 1 aliphatic rings. The molecule has 0 aromatic carbocycles. The molecule has 1 aromatic rings. The van der Waals surface area contributed by atoms with Crippen LogP contribution in [0, 0.1) is 0 Å². The highest BCUT2D eigenvalue weighted by atomic mass is 35.5. The SMILES string of the molecule is CCCc1nc(Cl)cc(NC2CCCNC2=O)n1. The molecule has 1 saturated heterocycles. The standard InChI is InChI=1S/C12H17ClN4O/c1-2-4-10-16-9(13)7-11(17-10)15-8-5-3-6-14-12(8)18/h7-8H,2-6H2,1H3,(H,14,18)(H,15,16,17). The monoisotopic (exact) mass is 268 g/mol. The van der Waals surface area contributed by atoms with Gasteiger partial charge in [0.15, 0.2) is 0 Å². The summed E-state index contributed by atoms with van der Waals surface area (Å²) < 4.78 is 0. The van der Waals surface area contributed by atoms with E-state index >= 15 is 0 Å². The van der Waals surface area contributed by atoms with Crippen molar-refractivity contribution < 1.29 is 4.79 Å². The van der Waals surface area contributed by atoms with Crippen molar-refractivity contribution in [2.75, 3.05) is 11.9 Å². The first-order valence-corrected chi connectivity index (χ1v) is 6.64. The predicted molar refractivity (Wildman–Crippen MR) is 70.7 cm³/mol. The van der Waals surface area contributed by atoms with Crippen molar-refractivity contribution in [2.24, 2.45) is 0 Å². The third-order valence-electron chi connectivity index (χ3n) is 2.82. The predicted octanol–water partition coefficient (Wildman–Crippen LogP) is 1.77. The Morgan fingerprint density at radius 3 is 3.11 bits per heavy atom. The number of halogens is 1. The lowest BCUT2D eigenvalue weighted by Crippen LogP contribution is -2.44. The first-order valence-electron chi connectivity index (χ1n) is 6.26. The molecule has 0 radical (unpaired) electrons. The Morgan fingerprint density at radius 2 is 2.39 bits per heavy atom. The number of carbonyl (C=O) groups is 1. The maximum atomic E-state index is 11.6. The average Bonchev–Trinajstić information content (AvgIpc) is 2.32. The van der Waals surface area contributed by atoms with Crippen LogP contribution in [0.3, 0.4) is 0 Å². The molecule has 98 valence electrons. The summed E-state index contributed by atoms with van der Waals surface area (Å²) >= 11 is 5.95. The lowest BCUT2D eigenvalue weighted by atomic mass is 10.1. The third-order valence-corrected chi connectivity index (χ3v) is 3.02. The molecule has 18 heavy (non-hydrogen) atoms. The Morgan fingerprint density at radius 1 is 1.56 bits per heavy atom. The molecule has 2 rings (SSSR count). The van der Waals surface area contributed by atoms with Crippen molar-refractivity contribution in [3.63, 3.8) is 0 Å². The lowest BCUT2D eigenvalue weighted by molar-refractivity contribution is -0.123. The molecule has 5 nitrogen and oxygen atoms in total. The van der Waals surface area contributed by atoms with Gasteiger partial charge in [-0.05, 0) is 19.3 Å². The van der Waals surface area contributed by atoms with E-state index in [4.69, 9.17) is 11.6 Å². The van der Waals surface area contributed by atoms with Gasteiger partial charge in [0.2, 0.25) is 5.91 Å². The summed E-state index contributed by atoms with van der Waals surface area (Å²) in [4.78, 5) is 20.2. The Bertz CT molecular complexity index is 438. The van der Waals surface area contributed by atoms with Crippen LogP contribution in [0.5, 0.6) is 0 Å². The van der Waals surface area contributed by atoms with Crippen molar-refractivity contribution in [1.29, 1.82) is 0 Å². The largest absolute Gasteiger partial charge is 0.358 e. The second-order valence-corrected chi connectivity index (χ2v) is 4.76. The van der Waals surface area contributed by atoms with Gasteiger partial charge in [0.05, 0.1) is 0 Å². The average molecular weight is 269 g/mol. The molecule has 1 atom stereocenters. The minimum Gasteiger partial charge on any atom is -0.358 e. The first kappa shape index (κ1) is 13.1. The van der Waals surface area contributed by atoms with Crippen molar-refractivity contribution in [3.8, 4) is 0 Å². The Balaban J connectivity index is 2.10. The molecule has 0 bridgehead atoms. The normalized spacial score (nSPS) is 19.4. The van der Waals surface area contributed by atoms with E-state index in [0.29, 0.717) is 16.8 Å². The van der Waals surface area contributed by atoms with Gasteiger partial charge < -0.3 is 10.6 Å². The zero-order valence-electron chi connectivity index (χ0n) is 10.4. The van der Waals surface area contributed by atoms with E-state index in [9.17, 15) is 4.79 Å². The summed E-state index contributed by atoms with van der Waals surface area (Å²) in [6.07, 6.45) is 3.54. The molecule has 1 unspecified atom stereocenters. The number of nitrogens with zero attached hydrogens (tertiary/aromatic N) is 2. The van der Waals surface area contributed by atoms with E-state index in [1.54, 1.807) is 6.07 Å². The summed E-state index contributed by atoms with van der Waals surface area (Å²) in [6.45, 7) is 2.81. The first-order chi connectivity index (χ1) is 8.69. The van der Waals surface area contributed by atoms with Gasteiger partial charge in [-0.15, -0.1) is 0 Å². The Hall–Kier alpha value is -1.36. The molecule has 0 spiro atoms. The third kappa shape index (κ3) is 3.32. The fourth-order valence-electron chi connectivity index (χ4n) is 1.96. The minimum absolute atomic E-state index is 0.0213. The van der Waals surface area contributed by atoms with Gasteiger partial charge in [-0.2, -0.15) is 0 Å². The molecular weight excluding hydrogens is 252 g/mol. The molecule has 1 fully saturated rings. The van der Waals surface area contributed by atoms with E-state index in [1.165, 1.54) is 0 Å². The number of hydrogen-bond acceptors (Lipinski definition) is 4. The summed E-state index contributed by atoms with van der Waals surface area (Å²) in [5.74, 6) is 1.36. The van der Waals surface area contributed by atoms with Crippen LogP contribution in [-0.2, 0) is 11.2 Å². The number of hydrogen-bond donors (Lipinski definition) is 2. The van der Waals surface area contributed by atoms with Crippen LogP contribution in [0.4, 0.5) is 5.82 Å². The number of anilines is 1. The number of piperidine rings is 1. The molecular formula is C12H17ClN4O. The topological polar surface area (TPSA) is 66.9 Å². The van der Waals surface area contributed by atoms with E-state index < -0.39 is 0 Å². The number of rotatable bonds is 4. The maximum Gasteiger partial charge on any atom is 0.242 e. The fourth-order valence-corrected chi connectivity index (χ4v) is 2.16. The van der Waals surface area contributed by atoms with Gasteiger partial charge in [-0.3, -0.25) is 4.79 Å². The van der Waals surface area contributed by atoms with Crippen molar-refractivity contribution in [2.45, 2.75) is 38.6 Å². The van der Waals surface area contributed by atoms with Gasteiger partial charge >= 0.3 is 0 Å². The fraction of sp³-hybridized carbons (Fsp3) is 0.583. The van der Waals surface area contributed by atoms with Gasteiger partial charge in [0, 0.05) is 19.0 Å². The molecule has 1 aliphatic heterocycles. The molecule has 1 amide bonds. The number of aromatic nitrogens is 2.